The zero-order valence-electron chi connectivity index (χ0n) is 7.38. The largest absolute Gasteiger partial charge is 0.388 e. The third-order valence-corrected chi connectivity index (χ3v) is 1.99. The topological polar surface area (TPSA) is 41.6 Å². The van der Waals surface area contributed by atoms with Gasteiger partial charge in [-0.05, 0) is 33.4 Å². The summed E-state index contributed by atoms with van der Waals surface area (Å²) in [7, 11) is 2.13. The molecule has 1 aliphatic rings. The van der Waals surface area contributed by atoms with Gasteiger partial charge in [0.2, 0.25) is 0 Å². The highest BCUT2D eigenvalue weighted by molar-refractivity contribution is 5.77. The van der Waals surface area contributed by atoms with Crippen LogP contribution in [0.25, 0.3) is 0 Å². The zero-order valence-corrected chi connectivity index (χ0v) is 7.38. The molecule has 1 heterocycles. The molecule has 0 spiro atoms. The summed E-state index contributed by atoms with van der Waals surface area (Å²) in [6.45, 7) is 4.12. The first-order chi connectivity index (χ1) is 5.18. The Bertz CT molecular complexity index is 149. The van der Waals surface area contributed by atoms with Gasteiger partial charge in [0, 0.05) is 6.54 Å². The number of hydrogen-bond acceptors (Lipinski definition) is 2. The number of likely N-dealkylation sites (N-methyl/N-ethyl adjacent to an activating group) is 1. The van der Waals surface area contributed by atoms with Gasteiger partial charge in [-0.1, -0.05) is 0 Å². The van der Waals surface area contributed by atoms with Crippen molar-refractivity contribution < 1.29 is 0 Å². The maximum Gasteiger partial charge on any atom is 0.0909 e. The summed E-state index contributed by atoms with van der Waals surface area (Å²) >= 11 is 0. The molecule has 0 amide bonds. The molecule has 0 aliphatic carbocycles. The maximum atomic E-state index is 5.50. The van der Waals surface area contributed by atoms with Crippen molar-refractivity contribution in [2.24, 2.45) is 10.7 Å². The van der Waals surface area contributed by atoms with Gasteiger partial charge in [-0.15, -0.1) is 0 Å². The number of rotatable bonds is 1. The van der Waals surface area contributed by atoms with Crippen molar-refractivity contribution in [2.75, 3.05) is 20.1 Å². The van der Waals surface area contributed by atoms with Crippen LogP contribution in [0.4, 0.5) is 0 Å². The molecule has 1 fully saturated rings. The average molecular weight is 155 g/mol. The monoisotopic (exact) mass is 155 g/mol. The third kappa shape index (κ3) is 2.89. The van der Waals surface area contributed by atoms with E-state index in [1.54, 1.807) is 0 Å². The lowest BCUT2D eigenvalue weighted by atomic mass is 10.1. The van der Waals surface area contributed by atoms with E-state index in [-0.39, 0.29) is 0 Å². The molecular weight excluding hydrogens is 138 g/mol. The number of amidine groups is 1. The minimum Gasteiger partial charge on any atom is -0.388 e. The molecule has 1 atom stereocenters. The summed E-state index contributed by atoms with van der Waals surface area (Å²) < 4.78 is 0. The SMILES string of the molecule is CC(N)=NC1CCCN(C)C1. The first-order valence-corrected chi connectivity index (χ1v) is 4.17. The van der Waals surface area contributed by atoms with Gasteiger partial charge in [-0.25, -0.2) is 0 Å². The van der Waals surface area contributed by atoms with Crippen LogP contribution in [0.1, 0.15) is 19.8 Å². The minimum absolute atomic E-state index is 0.443. The summed E-state index contributed by atoms with van der Waals surface area (Å²) in [5.74, 6) is 0.713. The van der Waals surface area contributed by atoms with Crippen molar-refractivity contribution in [3.63, 3.8) is 0 Å². The molecule has 64 valence electrons. The first kappa shape index (κ1) is 8.53. The van der Waals surface area contributed by atoms with Gasteiger partial charge in [-0.3, -0.25) is 4.99 Å². The van der Waals surface area contributed by atoms with Crippen LogP contribution in [0, 0.1) is 0 Å². The number of aliphatic imine (C=N–C) groups is 1. The Balaban J connectivity index is 2.40. The molecule has 1 saturated heterocycles. The van der Waals surface area contributed by atoms with E-state index in [0.717, 1.165) is 6.54 Å². The second-order valence-corrected chi connectivity index (χ2v) is 3.33. The molecule has 0 aromatic carbocycles. The number of nitrogens with two attached hydrogens (primary N) is 1. The van der Waals surface area contributed by atoms with E-state index in [2.05, 4.69) is 16.9 Å². The molecule has 0 aromatic rings. The van der Waals surface area contributed by atoms with Gasteiger partial charge >= 0.3 is 0 Å². The normalized spacial score (nSPS) is 28.9. The third-order valence-electron chi connectivity index (χ3n) is 1.99. The highest BCUT2D eigenvalue weighted by Gasteiger charge is 2.15. The smallest absolute Gasteiger partial charge is 0.0909 e. The van der Waals surface area contributed by atoms with E-state index in [1.165, 1.54) is 19.4 Å². The van der Waals surface area contributed by atoms with E-state index >= 15 is 0 Å². The predicted molar refractivity (Wildman–Crippen MR) is 47.8 cm³/mol. The summed E-state index contributed by atoms with van der Waals surface area (Å²) in [5, 5.41) is 0. The van der Waals surface area contributed by atoms with E-state index in [1.807, 2.05) is 6.92 Å². The highest BCUT2D eigenvalue weighted by Crippen LogP contribution is 2.10. The van der Waals surface area contributed by atoms with Crippen LogP contribution in [-0.2, 0) is 0 Å². The molecule has 3 nitrogen and oxygen atoms in total. The first-order valence-electron chi connectivity index (χ1n) is 4.17. The second kappa shape index (κ2) is 3.72. The van der Waals surface area contributed by atoms with Gasteiger partial charge in [0.15, 0.2) is 0 Å². The van der Waals surface area contributed by atoms with E-state index in [0.29, 0.717) is 11.9 Å². The van der Waals surface area contributed by atoms with Gasteiger partial charge in [0.25, 0.3) is 0 Å². The standard InChI is InChI=1S/C8H17N3/c1-7(9)10-8-4-3-5-11(2)6-8/h8H,3-6H2,1-2H3,(H2,9,10). The second-order valence-electron chi connectivity index (χ2n) is 3.33. The van der Waals surface area contributed by atoms with Crippen LogP contribution < -0.4 is 5.73 Å². The van der Waals surface area contributed by atoms with Gasteiger partial charge in [-0.2, -0.15) is 0 Å². The van der Waals surface area contributed by atoms with E-state index < -0.39 is 0 Å². The van der Waals surface area contributed by atoms with Crippen molar-refractivity contribution in [1.29, 1.82) is 0 Å². The molecule has 1 aliphatic heterocycles. The maximum absolute atomic E-state index is 5.50. The predicted octanol–water partition coefficient (Wildman–Crippen LogP) is 0.458. The van der Waals surface area contributed by atoms with Gasteiger partial charge in [0.1, 0.15) is 0 Å². The molecule has 2 N–H and O–H groups in total. The number of hydrogen-bond donors (Lipinski definition) is 1. The Morgan fingerprint density at radius 1 is 1.64 bits per heavy atom. The molecule has 3 heteroatoms. The van der Waals surface area contributed by atoms with E-state index in [9.17, 15) is 0 Å². The lowest BCUT2D eigenvalue weighted by molar-refractivity contribution is 0.253. The lowest BCUT2D eigenvalue weighted by Crippen LogP contribution is -2.35. The Labute approximate surface area is 68.3 Å². The molecule has 11 heavy (non-hydrogen) atoms. The van der Waals surface area contributed by atoms with Crippen LogP contribution in [0.15, 0.2) is 4.99 Å². The summed E-state index contributed by atoms with van der Waals surface area (Å²) in [5.41, 5.74) is 5.50. The molecule has 0 bridgehead atoms. The van der Waals surface area contributed by atoms with Crippen molar-refractivity contribution in [2.45, 2.75) is 25.8 Å². The van der Waals surface area contributed by atoms with Crippen molar-refractivity contribution in [3.05, 3.63) is 0 Å². The molecule has 0 aromatic heterocycles. The average Bonchev–Trinajstić information content (AvgIpc) is 1.85. The molecule has 1 rings (SSSR count). The highest BCUT2D eigenvalue weighted by atomic mass is 15.1. The van der Waals surface area contributed by atoms with Crippen LogP contribution in [0.5, 0.6) is 0 Å². The number of piperidine rings is 1. The minimum atomic E-state index is 0.443. The van der Waals surface area contributed by atoms with Crippen molar-refractivity contribution >= 4 is 5.84 Å². The van der Waals surface area contributed by atoms with Crippen LogP contribution >= 0.6 is 0 Å². The molecule has 0 saturated carbocycles. The molecule has 1 unspecified atom stereocenters. The van der Waals surface area contributed by atoms with Crippen LogP contribution in [0.2, 0.25) is 0 Å². The van der Waals surface area contributed by atoms with Gasteiger partial charge in [0.05, 0.1) is 11.9 Å². The fourth-order valence-electron chi connectivity index (χ4n) is 1.53. The van der Waals surface area contributed by atoms with E-state index in [4.69, 9.17) is 5.73 Å². The molecule has 0 radical (unpaired) electrons. The Kier molecular flexibility index (Phi) is 2.88. The summed E-state index contributed by atoms with van der Waals surface area (Å²) in [6, 6.07) is 0.443. The number of nitrogens with zero attached hydrogens (tertiary/aromatic N) is 2. The Morgan fingerprint density at radius 3 is 2.91 bits per heavy atom. The fourth-order valence-corrected chi connectivity index (χ4v) is 1.53. The Morgan fingerprint density at radius 2 is 2.36 bits per heavy atom. The summed E-state index contributed by atoms with van der Waals surface area (Å²) in [6.07, 6.45) is 2.44. The quantitative estimate of drug-likeness (QED) is 0.441. The lowest BCUT2D eigenvalue weighted by Gasteiger charge is -2.27. The van der Waals surface area contributed by atoms with Crippen LogP contribution in [-0.4, -0.2) is 36.9 Å². The Hall–Kier alpha value is -0.570. The van der Waals surface area contributed by atoms with Gasteiger partial charge < -0.3 is 10.6 Å². The fraction of sp³-hybridized carbons (Fsp3) is 0.875. The zero-order chi connectivity index (χ0) is 8.27. The summed E-state index contributed by atoms with van der Waals surface area (Å²) in [4.78, 5) is 6.65. The van der Waals surface area contributed by atoms with Crippen molar-refractivity contribution in [3.8, 4) is 0 Å². The van der Waals surface area contributed by atoms with Crippen molar-refractivity contribution in [1.82, 2.24) is 4.90 Å². The molecular formula is C8H17N3. The number of likely N-dealkylation sites (tertiary alicyclic amines) is 1. The van der Waals surface area contributed by atoms with Crippen LogP contribution in [0.3, 0.4) is 0 Å².